The zero-order valence-electron chi connectivity index (χ0n) is 14.1. The molecule has 0 spiro atoms. The maximum absolute atomic E-state index is 12.2. The number of benzene rings is 1. The Morgan fingerprint density at radius 2 is 1.87 bits per heavy atom. The van der Waals surface area contributed by atoms with E-state index in [0.29, 0.717) is 12.1 Å². The van der Waals surface area contributed by atoms with E-state index >= 15 is 0 Å². The van der Waals surface area contributed by atoms with Crippen LogP contribution in [-0.2, 0) is 6.42 Å². The van der Waals surface area contributed by atoms with Crippen LogP contribution in [0.2, 0.25) is 0 Å². The first-order valence-corrected chi connectivity index (χ1v) is 8.00. The van der Waals surface area contributed by atoms with E-state index in [9.17, 15) is 4.79 Å². The number of amides is 1. The topological polar surface area (TPSA) is 54.0 Å². The van der Waals surface area contributed by atoms with E-state index in [2.05, 4.69) is 48.5 Å². The molecule has 0 bridgehead atoms. The van der Waals surface area contributed by atoms with Crippen LogP contribution in [0, 0.1) is 0 Å². The first-order valence-electron chi connectivity index (χ1n) is 8.00. The Labute approximate surface area is 138 Å². The summed E-state index contributed by atoms with van der Waals surface area (Å²) in [5.41, 5.74) is 1.84. The van der Waals surface area contributed by atoms with Crippen molar-refractivity contribution < 1.29 is 4.79 Å². The third kappa shape index (κ3) is 6.10. The second-order valence-electron chi connectivity index (χ2n) is 6.65. The number of aromatic nitrogens is 1. The lowest BCUT2D eigenvalue weighted by Crippen LogP contribution is -2.28. The summed E-state index contributed by atoms with van der Waals surface area (Å²) in [4.78, 5) is 16.5. The van der Waals surface area contributed by atoms with E-state index in [-0.39, 0.29) is 11.4 Å². The van der Waals surface area contributed by atoms with Gasteiger partial charge in [-0.25, -0.2) is 4.98 Å². The van der Waals surface area contributed by atoms with Gasteiger partial charge < -0.3 is 10.6 Å². The van der Waals surface area contributed by atoms with E-state index in [1.54, 1.807) is 18.3 Å². The van der Waals surface area contributed by atoms with E-state index in [0.717, 1.165) is 18.7 Å². The van der Waals surface area contributed by atoms with E-state index < -0.39 is 0 Å². The Kier molecular flexibility index (Phi) is 5.74. The van der Waals surface area contributed by atoms with Crippen molar-refractivity contribution in [3.05, 3.63) is 59.8 Å². The van der Waals surface area contributed by atoms with Gasteiger partial charge in [-0.15, -0.1) is 0 Å². The van der Waals surface area contributed by atoms with Gasteiger partial charge in [0.1, 0.15) is 5.82 Å². The number of aryl methyl sites for hydroxylation is 1. The Morgan fingerprint density at radius 1 is 1.13 bits per heavy atom. The van der Waals surface area contributed by atoms with Gasteiger partial charge in [-0.05, 0) is 51.3 Å². The van der Waals surface area contributed by atoms with Gasteiger partial charge in [0.15, 0.2) is 0 Å². The SMILES string of the molecule is CC(C)(C)Nc1cc(C(=O)NCCCc2ccccc2)ccn1. The molecule has 0 aliphatic heterocycles. The highest BCUT2D eigenvalue weighted by molar-refractivity contribution is 5.94. The number of carbonyl (C=O) groups excluding carboxylic acids is 1. The minimum Gasteiger partial charge on any atom is -0.365 e. The van der Waals surface area contributed by atoms with Crippen LogP contribution in [0.4, 0.5) is 5.82 Å². The first kappa shape index (κ1) is 17.0. The van der Waals surface area contributed by atoms with Gasteiger partial charge in [0.05, 0.1) is 0 Å². The van der Waals surface area contributed by atoms with E-state index in [4.69, 9.17) is 0 Å². The van der Waals surface area contributed by atoms with Gasteiger partial charge in [-0.3, -0.25) is 4.79 Å². The highest BCUT2D eigenvalue weighted by Gasteiger charge is 2.12. The first-order chi connectivity index (χ1) is 10.9. The number of hydrogen-bond acceptors (Lipinski definition) is 3. The molecule has 2 N–H and O–H groups in total. The van der Waals surface area contributed by atoms with Crippen molar-refractivity contribution in [2.24, 2.45) is 0 Å². The third-order valence-corrected chi connectivity index (χ3v) is 3.30. The largest absolute Gasteiger partial charge is 0.365 e. The number of carbonyl (C=O) groups is 1. The summed E-state index contributed by atoms with van der Waals surface area (Å²) in [7, 11) is 0. The monoisotopic (exact) mass is 311 g/mol. The molecule has 2 rings (SSSR count). The Hall–Kier alpha value is -2.36. The lowest BCUT2D eigenvalue weighted by Gasteiger charge is -2.21. The molecule has 1 heterocycles. The van der Waals surface area contributed by atoms with Crippen LogP contribution in [0.25, 0.3) is 0 Å². The van der Waals surface area contributed by atoms with E-state index in [1.807, 2.05) is 18.2 Å². The molecule has 4 heteroatoms. The maximum atomic E-state index is 12.2. The smallest absolute Gasteiger partial charge is 0.251 e. The number of pyridine rings is 1. The molecule has 23 heavy (non-hydrogen) atoms. The molecular weight excluding hydrogens is 286 g/mol. The molecular formula is C19H25N3O. The van der Waals surface area contributed by atoms with Crippen LogP contribution in [-0.4, -0.2) is 23.0 Å². The van der Waals surface area contributed by atoms with Crippen molar-refractivity contribution in [2.45, 2.75) is 39.2 Å². The summed E-state index contributed by atoms with van der Waals surface area (Å²) in [6.45, 7) is 6.85. The van der Waals surface area contributed by atoms with Crippen molar-refractivity contribution in [2.75, 3.05) is 11.9 Å². The average Bonchev–Trinajstić information content (AvgIpc) is 2.51. The van der Waals surface area contributed by atoms with Crippen molar-refractivity contribution in [1.29, 1.82) is 0 Å². The Bertz CT molecular complexity index is 633. The summed E-state index contributed by atoms with van der Waals surface area (Å²) < 4.78 is 0. The number of rotatable bonds is 6. The molecule has 0 fully saturated rings. The van der Waals surface area contributed by atoms with Crippen LogP contribution >= 0.6 is 0 Å². The van der Waals surface area contributed by atoms with Crippen LogP contribution in [0.15, 0.2) is 48.7 Å². The highest BCUT2D eigenvalue weighted by atomic mass is 16.1. The van der Waals surface area contributed by atoms with Crippen molar-refractivity contribution in [1.82, 2.24) is 10.3 Å². The molecule has 0 atom stereocenters. The lowest BCUT2D eigenvalue weighted by atomic mass is 10.1. The summed E-state index contributed by atoms with van der Waals surface area (Å²) in [6.07, 6.45) is 3.55. The Balaban J connectivity index is 1.82. The number of nitrogens with one attached hydrogen (secondary N) is 2. The molecule has 0 radical (unpaired) electrons. The Morgan fingerprint density at radius 3 is 2.57 bits per heavy atom. The minimum absolute atomic E-state index is 0.0579. The minimum atomic E-state index is -0.0855. The van der Waals surface area contributed by atoms with Gasteiger partial charge in [0.25, 0.3) is 5.91 Å². The zero-order valence-corrected chi connectivity index (χ0v) is 14.1. The molecule has 1 amide bonds. The molecule has 0 saturated carbocycles. The van der Waals surface area contributed by atoms with Crippen LogP contribution < -0.4 is 10.6 Å². The van der Waals surface area contributed by atoms with Crippen LogP contribution in [0.3, 0.4) is 0 Å². The second-order valence-corrected chi connectivity index (χ2v) is 6.65. The number of anilines is 1. The maximum Gasteiger partial charge on any atom is 0.251 e. The molecule has 1 aromatic heterocycles. The van der Waals surface area contributed by atoms with Gasteiger partial charge in [-0.1, -0.05) is 30.3 Å². The van der Waals surface area contributed by atoms with Gasteiger partial charge >= 0.3 is 0 Å². The zero-order chi connectivity index (χ0) is 16.7. The summed E-state index contributed by atoms with van der Waals surface area (Å²) in [5, 5.41) is 6.24. The van der Waals surface area contributed by atoms with Gasteiger partial charge in [0.2, 0.25) is 0 Å². The molecule has 0 unspecified atom stereocenters. The van der Waals surface area contributed by atoms with Crippen LogP contribution in [0.1, 0.15) is 43.1 Å². The van der Waals surface area contributed by atoms with E-state index in [1.165, 1.54) is 5.56 Å². The second kappa shape index (κ2) is 7.77. The fraction of sp³-hybridized carbons (Fsp3) is 0.368. The average molecular weight is 311 g/mol. The fourth-order valence-electron chi connectivity index (χ4n) is 2.27. The van der Waals surface area contributed by atoms with Crippen LogP contribution in [0.5, 0.6) is 0 Å². The summed E-state index contributed by atoms with van der Waals surface area (Å²) in [5.74, 6) is 0.659. The molecule has 0 saturated heterocycles. The third-order valence-electron chi connectivity index (χ3n) is 3.30. The van der Waals surface area contributed by atoms with Crippen molar-refractivity contribution >= 4 is 11.7 Å². The number of hydrogen-bond donors (Lipinski definition) is 2. The van der Waals surface area contributed by atoms with Crippen molar-refractivity contribution in [3.8, 4) is 0 Å². The number of nitrogens with zero attached hydrogens (tertiary/aromatic N) is 1. The molecule has 122 valence electrons. The normalized spacial score (nSPS) is 11.1. The summed E-state index contributed by atoms with van der Waals surface area (Å²) >= 11 is 0. The standard InChI is InChI=1S/C19H25N3O/c1-19(2,3)22-17-14-16(11-13-20-17)18(23)21-12-7-10-15-8-5-4-6-9-15/h4-6,8-9,11,13-14H,7,10,12H2,1-3H3,(H,20,22)(H,21,23). The predicted octanol–water partition coefficient (Wildman–Crippen LogP) is 3.65. The summed E-state index contributed by atoms with van der Waals surface area (Å²) in [6, 6.07) is 13.8. The predicted molar refractivity (Wildman–Crippen MR) is 94.7 cm³/mol. The molecule has 2 aromatic rings. The molecule has 0 aliphatic carbocycles. The highest BCUT2D eigenvalue weighted by Crippen LogP contribution is 2.13. The van der Waals surface area contributed by atoms with Gasteiger partial charge in [0, 0.05) is 23.8 Å². The quantitative estimate of drug-likeness (QED) is 0.801. The molecule has 4 nitrogen and oxygen atoms in total. The molecule has 0 aliphatic rings. The molecule has 1 aromatic carbocycles. The lowest BCUT2D eigenvalue weighted by molar-refractivity contribution is 0.0953. The fourth-order valence-corrected chi connectivity index (χ4v) is 2.27. The van der Waals surface area contributed by atoms with Gasteiger partial charge in [-0.2, -0.15) is 0 Å². The van der Waals surface area contributed by atoms with Crippen molar-refractivity contribution in [3.63, 3.8) is 0 Å².